The molecule has 78 heavy (non-hydrogen) atoms. The summed E-state index contributed by atoms with van der Waals surface area (Å²) in [5.74, 6) is -0.212. The second kappa shape index (κ2) is 58.8. The van der Waals surface area contributed by atoms with Gasteiger partial charge in [-0.15, -0.1) is 0 Å². The molecule has 0 aliphatic carbocycles. The van der Waals surface area contributed by atoms with Crippen LogP contribution in [0.4, 0.5) is 0 Å². The number of quaternary nitrogens is 1. The van der Waals surface area contributed by atoms with Crippen molar-refractivity contribution < 1.29 is 32.9 Å². The van der Waals surface area contributed by atoms with Crippen molar-refractivity contribution in [1.29, 1.82) is 0 Å². The second-order valence-corrected chi connectivity index (χ2v) is 24.1. The van der Waals surface area contributed by atoms with Gasteiger partial charge in [0.25, 0.3) is 7.82 Å². The molecule has 3 unspecified atom stereocenters. The Morgan fingerprint density at radius 2 is 0.795 bits per heavy atom. The lowest BCUT2D eigenvalue weighted by molar-refractivity contribution is -0.870. The van der Waals surface area contributed by atoms with E-state index in [0.717, 1.165) is 83.5 Å². The van der Waals surface area contributed by atoms with Crippen molar-refractivity contribution >= 4 is 13.7 Å². The third kappa shape index (κ3) is 60.8. The molecule has 0 bridgehead atoms. The molecule has 450 valence electrons. The third-order valence-corrected chi connectivity index (χ3v) is 14.9. The molecule has 0 fully saturated rings. The average molecular weight is 1110 g/mol. The SMILES string of the molecule is CC/C=C\C/C=C\C/C=C\C/C=C\C/C=C\C/C=C\CCCCCCCCCCCCCCCCCCCCC(=O)NC(COP(=O)([O-])OCC[N+](C)(C)C)C(O)/C=C/CC/C=C/CC/C=C/CCCCCCCCCCC. The van der Waals surface area contributed by atoms with Crippen LogP contribution in [0.2, 0.25) is 0 Å². The Labute approximate surface area is 482 Å². The zero-order valence-corrected chi connectivity index (χ0v) is 52.2. The number of aliphatic hydroxyl groups excluding tert-OH is 1. The summed E-state index contributed by atoms with van der Waals surface area (Å²) in [6.45, 7) is 4.51. The molecule has 3 atom stereocenters. The van der Waals surface area contributed by atoms with Crippen LogP contribution in [0.5, 0.6) is 0 Å². The molecule has 0 radical (unpaired) electrons. The quantitative estimate of drug-likeness (QED) is 0.0272. The van der Waals surface area contributed by atoms with E-state index in [1.807, 2.05) is 27.2 Å². The van der Waals surface area contributed by atoms with Gasteiger partial charge in [0.05, 0.1) is 39.9 Å². The molecule has 0 rings (SSSR count). The Morgan fingerprint density at radius 1 is 0.462 bits per heavy atom. The summed E-state index contributed by atoms with van der Waals surface area (Å²) >= 11 is 0. The standard InChI is InChI=1S/C69H123N2O6P/c1-6-8-10-12-14-16-18-20-22-24-26-27-28-29-30-31-32-33-34-35-36-37-38-39-40-41-42-43-45-47-49-51-53-55-57-59-61-63-69(73)70-67(66-77-78(74,75)76-65-64-71(3,4)5)68(72)62-60-58-56-54-52-50-48-46-44-25-23-21-19-17-15-13-11-9-7-2/h8,10,14,16,20,22,26-27,29-30,32-33,44,46,52,54,60,62,67-68,72H,6-7,9,11-13,15,17-19,21,23-25,28,31,34-43,45,47-51,53,55-59,61,63-66H2,1-5H3,(H-,70,73,74,75)/b10-8-,16-14-,22-20-,27-26-,30-29-,33-32-,46-44+,54-52+,62-60+. The number of hydrogen-bond donors (Lipinski definition) is 2. The number of phosphoric ester groups is 1. The first-order valence-corrected chi connectivity index (χ1v) is 33.7. The Kier molecular flexibility index (Phi) is 56.7. The number of amides is 1. The highest BCUT2D eigenvalue weighted by atomic mass is 31.2. The van der Waals surface area contributed by atoms with Crippen LogP contribution in [0.15, 0.2) is 109 Å². The maximum atomic E-state index is 13.0. The van der Waals surface area contributed by atoms with Crippen LogP contribution in [-0.4, -0.2) is 68.5 Å². The number of nitrogens with zero attached hydrogens (tertiary/aromatic N) is 1. The maximum Gasteiger partial charge on any atom is 0.268 e. The summed E-state index contributed by atoms with van der Waals surface area (Å²) in [7, 11) is 1.23. The molecule has 0 saturated carbocycles. The molecule has 1 amide bonds. The first-order chi connectivity index (χ1) is 38.0. The number of carbonyl (C=O) groups excluding carboxylic acids is 1. The van der Waals surface area contributed by atoms with Crippen molar-refractivity contribution in [3.05, 3.63) is 109 Å². The molecule has 9 heteroatoms. The number of nitrogens with one attached hydrogen (secondary N) is 1. The van der Waals surface area contributed by atoms with E-state index in [2.05, 4.69) is 116 Å². The van der Waals surface area contributed by atoms with Gasteiger partial charge in [0, 0.05) is 6.42 Å². The minimum Gasteiger partial charge on any atom is -0.756 e. The highest BCUT2D eigenvalue weighted by Crippen LogP contribution is 2.38. The zero-order valence-electron chi connectivity index (χ0n) is 51.3. The van der Waals surface area contributed by atoms with Crippen LogP contribution in [0.1, 0.15) is 271 Å². The Balaban J connectivity index is 4.09. The fourth-order valence-electron chi connectivity index (χ4n) is 8.95. The van der Waals surface area contributed by atoms with E-state index >= 15 is 0 Å². The van der Waals surface area contributed by atoms with E-state index < -0.39 is 26.6 Å². The van der Waals surface area contributed by atoms with Crippen molar-refractivity contribution in [2.24, 2.45) is 0 Å². The molecule has 0 aliphatic heterocycles. The topological polar surface area (TPSA) is 108 Å². The molecule has 0 saturated heterocycles. The first kappa shape index (κ1) is 75.2. The van der Waals surface area contributed by atoms with Gasteiger partial charge in [-0.3, -0.25) is 9.36 Å². The predicted octanol–water partition coefficient (Wildman–Crippen LogP) is 19.7. The van der Waals surface area contributed by atoms with E-state index in [0.29, 0.717) is 17.4 Å². The van der Waals surface area contributed by atoms with E-state index in [9.17, 15) is 19.4 Å². The molecule has 0 aromatic heterocycles. The van der Waals surface area contributed by atoms with Crippen molar-refractivity contribution in [2.45, 2.75) is 283 Å². The minimum absolute atomic E-state index is 0.0119. The lowest BCUT2D eigenvalue weighted by Gasteiger charge is -2.29. The number of likely N-dealkylation sites (N-methyl/N-ethyl adjacent to an activating group) is 1. The number of aliphatic hydroxyl groups is 1. The van der Waals surface area contributed by atoms with Crippen LogP contribution in [-0.2, 0) is 18.4 Å². The largest absolute Gasteiger partial charge is 0.756 e. The van der Waals surface area contributed by atoms with Gasteiger partial charge < -0.3 is 28.8 Å². The first-order valence-electron chi connectivity index (χ1n) is 32.2. The summed E-state index contributed by atoms with van der Waals surface area (Å²) in [5.41, 5.74) is 0. The molecule has 8 nitrogen and oxygen atoms in total. The van der Waals surface area contributed by atoms with Crippen molar-refractivity contribution in [1.82, 2.24) is 5.32 Å². The van der Waals surface area contributed by atoms with Gasteiger partial charge in [0.2, 0.25) is 5.91 Å². The summed E-state index contributed by atoms with van der Waals surface area (Å²) < 4.78 is 23.4. The number of phosphoric acid groups is 1. The van der Waals surface area contributed by atoms with Gasteiger partial charge in [-0.1, -0.05) is 277 Å². The lowest BCUT2D eigenvalue weighted by Crippen LogP contribution is -2.45. The molecular weight excluding hydrogens is 984 g/mol. The van der Waals surface area contributed by atoms with Crippen molar-refractivity contribution in [3.8, 4) is 0 Å². The van der Waals surface area contributed by atoms with E-state index in [1.165, 1.54) is 167 Å². The normalized spacial score (nSPS) is 14.5. The summed E-state index contributed by atoms with van der Waals surface area (Å²) in [4.78, 5) is 25.6. The van der Waals surface area contributed by atoms with Crippen molar-refractivity contribution in [2.75, 3.05) is 40.9 Å². The summed E-state index contributed by atoms with van der Waals surface area (Å²) in [5, 5.41) is 13.9. The minimum atomic E-state index is -4.62. The third-order valence-electron chi connectivity index (χ3n) is 13.9. The summed E-state index contributed by atoms with van der Waals surface area (Å²) in [6.07, 6.45) is 86.2. The predicted molar refractivity (Wildman–Crippen MR) is 339 cm³/mol. The average Bonchev–Trinajstić information content (AvgIpc) is 3.41. The molecule has 0 aromatic carbocycles. The number of allylic oxidation sites excluding steroid dienone is 17. The maximum absolute atomic E-state index is 13.0. The second-order valence-electron chi connectivity index (χ2n) is 22.7. The van der Waals surface area contributed by atoms with Gasteiger partial charge in [0.1, 0.15) is 13.2 Å². The van der Waals surface area contributed by atoms with Crippen LogP contribution >= 0.6 is 7.82 Å². The number of hydrogen-bond acceptors (Lipinski definition) is 6. The molecule has 2 N–H and O–H groups in total. The fraction of sp³-hybridized carbons (Fsp3) is 0.725. The van der Waals surface area contributed by atoms with E-state index in [-0.39, 0.29) is 12.5 Å². The summed E-state index contributed by atoms with van der Waals surface area (Å²) in [6, 6.07) is -0.915. The monoisotopic (exact) mass is 1110 g/mol. The lowest BCUT2D eigenvalue weighted by atomic mass is 10.0. The Hall–Kier alpha value is -2.84. The number of carbonyl (C=O) groups is 1. The molecule has 0 aliphatic rings. The van der Waals surface area contributed by atoms with Gasteiger partial charge in [-0.2, -0.15) is 0 Å². The molecule has 0 aromatic rings. The highest BCUT2D eigenvalue weighted by molar-refractivity contribution is 7.45. The van der Waals surface area contributed by atoms with Gasteiger partial charge in [-0.25, -0.2) is 0 Å². The van der Waals surface area contributed by atoms with E-state index in [1.54, 1.807) is 6.08 Å². The van der Waals surface area contributed by atoms with Crippen LogP contribution in [0, 0.1) is 0 Å². The Bertz CT molecular complexity index is 1640. The molecule has 0 heterocycles. The van der Waals surface area contributed by atoms with Gasteiger partial charge >= 0.3 is 0 Å². The van der Waals surface area contributed by atoms with E-state index in [4.69, 9.17) is 9.05 Å². The van der Waals surface area contributed by atoms with Gasteiger partial charge in [-0.05, 0) is 96.3 Å². The van der Waals surface area contributed by atoms with Crippen LogP contribution in [0.25, 0.3) is 0 Å². The fourth-order valence-corrected chi connectivity index (χ4v) is 9.68. The van der Waals surface area contributed by atoms with Crippen LogP contribution < -0.4 is 10.2 Å². The van der Waals surface area contributed by atoms with Crippen LogP contribution in [0.3, 0.4) is 0 Å². The van der Waals surface area contributed by atoms with Crippen molar-refractivity contribution in [3.63, 3.8) is 0 Å². The molecule has 0 spiro atoms. The Morgan fingerprint density at radius 3 is 1.19 bits per heavy atom. The molecular formula is C69H123N2O6P. The zero-order chi connectivity index (χ0) is 57.0. The highest BCUT2D eigenvalue weighted by Gasteiger charge is 2.23. The number of unbranched alkanes of at least 4 members (excludes halogenated alkanes) is 29. The number of rotatable bonds is 58. The smallest absolute Gasteiger partial charge is 0.268 e. The van der Waals surface area contributed by atoms with Gasteiger partial charge in [0.15, 0.2) is 0 Å².